The number of hydrogen-bond acceptors (Lipinski definition) is 6. The van der Waals surface area contributed by atoms with E-state index in [4.69, 9.17) is 14.2 Å². The molecule has 6 nitrogen and oxygen atoms in total. The molecular weight excluding hydrogens is 829 g/mol. The van der Waals surface area contributed by atoms with E-state index in [9.17, 15) is 14.4 Å². The van der Waals surface area contributed by atoms with Gasteiger partial charge in [-0.15, -0.1) is 0 Å². The maximum Gasteiger partial charge on any atom is 0.306 e. The highest BCUT2D eigenvalue weighted by molar-refractivity contribution is 5.71. The summed E-state index contributed by atoms with van der Waals surface area (Å²) in [5, 5.41) is 0. The molecule has 0 saturated carbocycles. The molecule has 0 saturated heterocycles. The summed E-state index contributed by atoms with van der Waals surface area (Å²) in [5.41, 5.74) is 0. The van der Waals surface area contributed by atoms with Gasteiger partial charge < -0.3 is 14.2 Å². The predicted molar refractivity (Wildman–Crippen MR) is 288 cm³/mol. The number of allylic oxidation sites excluding steroid dienone is 10. The number of carbonyl (C=O) groups excluding carboxylic acids is 3. The Kier molecular flexibility index (Phi) is 53.3. The summed E-state index contributed by atoms with van der Waals surface area (Å²) < 4.78 is 16.9. The van der Waals surface area contributed by atoms with Crippen molar-refractivity contribution < 1.29 is 28.6 Å². The Labute approximate surface area is 415 Å². The topological polar surface area (TPSA) is 78.9 Å². The van der Waals surface area contributed by atoms with Crippen LogP contribution < -0.4 is 0 Å². The molecule has 0 aliphatic carbocycles. The zero-order valence-electron chi connectivity index (χ0n) is 44.4. The standard InChI is InChI=1S/C61H108O6/c1-4-7-10-13-16-19-22-25-27-29-30-32-33-36-39-42-45-48-51-54-60(63)66-57-58(56-65-59(62)53-50-47-44-41-38-35-24-21-18-15-12-9-6-3)67-61(64)55-52-49-46-43-40-37-34-31-28-26-23-20-17-14-11-8-5-2/h16-17,19-20,25-28,30,32,58H,4-15,18,21-24,29,31,33-57H2,1-3H3/b19-16-,20-17-,27-25-,28-26-,32-30-/t58-/m1/s1. The molecule has 0 bridgehead atoms. The maximum atomic E-state index is 12.9. The molecule has 0 rings (SSSR count). The van der Waals surface area contributed by atoms with E-state index >= 15 is 0 Å². The third-order valence-electron chi connectivity index (χ3n) is 12.5. The molecule has 0 aliphatic rings. The summed E-state index contributed by atoms with van der Waals surface area (Å²) >= 11 is 0. The summed E-state index contributed by atoms with van der Waals surface area (Å²) in [7, 11) is 0. The van der Waals surface area contributed by atoms with E-state index in [1.807, 2.05) is 0 Å². The monoisotopic (exact) mass is 937 g/mol. The zero-order chi connectivity index (χ0) is 48.6. The lowest BCUT2D eigenvalue weighted by Crippen LogP contribution is -2.30. The molecule has 1 atom stereocenters. The van der Waals surface area contributed by atoms with Gasteiger partial charge in [0, 0.05) is 19.3 Å². The van der Waals surface area contributed by atoms with Crippen LogP contribution in [0.5, 0.6) is 0 Å². The van der Waals surface area contributed by atoms with E-state index in [1.165, 1.54) is 161 Å². The van der Waals surface area contributed by atoms with Crippen LogP contribution in [0, 0.1) is 0 Å². The summed E-state index contributed by atoms with van der Waals surface area (Å²) in [5.74, 6) is -0.889. The van der Waals surface area contributed by atoms with Crippen molar-refractivity contribution in [2.24, 2.45) is 0 Å². The Morgan fingerprint density at radius 3 is 0.866 bits per heavy atom. The maximum absolute atomic E-state index is 12.9. The molecule has 6 heteroatoms. The Bertz CT molecular complexity index is 1210. The van der Waals surface area contributed by atoms with Gasteiger partial charge in [0.25, 0.3) is 0 Å². The minimum Gasteiger partial charge on any atom is -0.462 e. The van der Waals surface area contributed by atoms with Crippen LogP contribution in [-0.2, 0) is 28.6 Å². The van der Waals surface area contributed by atoms with Crippen LogP contribution in [0.3, 0.4) is 0 Å². The van der Waals surface area contributed by atoms with Crippen molar-refractivity contribution in [1.29, 1.82) is 0 Å². The Hall–Kier alpha value is -2.89. The van der Waals surface area contributed by atoms with Crippen molar-refractivity contribution in [2.45, 2.75) is 297 Å². The van der Waals surface area contributed by atoms with Gasteiger partial charge in [-0.05, 0) is 89.9 Å². The molecule has 0 heterocycles. The molecule has 0 spiro atoms. The van der Waals surface area contributed by atoms with Crippen molar-refractivity contribution >= 4 is 17.9 Å². The first-order chi connectivity index (χ1) is 33.0. The number of unbranched alkanes of at least 4 members (excludes halogenated alkanes) is 31. The summed E-state index contributed by atoms with van der Waals surface area (Å²) in [6.07, 6.45) is 69.1. The fraction of sp³-hybridized carbons (Fsp3) is 0.787. The summed E-state index contributed by atoms with van der Waals surface area (Å²) in [6, 6.07) is 0. The first-order valence-corrected chi connectivity index (χ1v) is 28.8. The third-order valence-corrected chi connectivity index (χ3v) is 12.5. The van der Waals surface area contributed by atoms with Gasteiger partial charge in [-0.1, -0.05) is 242 Å². The molecule has 0 aromatic carbocycles. The van der Waals surface area contributed by atoms with Crippen LogP contribution in [-0.4, -0.2) is 37.2 Å². The quantitative estimate of drug-likeness (QED) is 0.0262. The van der Waals surface area contributed by atoms with Crippen LogP contribution in [0.25, 0.3) is 0 Å². The second kappa shape index (κ2) is 55.7. The average molecular weight is 938 g/mol. The normalized spacial score (nSPS) is 12.5. The first-order valence-electron chi connectivity index (χ1n) is 28.8. The number of rotatable bonds is 52. The van der Waals surface area contributed by atoms with Crippen LogP contribution in [0.1, 0.15) is 290 Å². The fourth-order valence-corrected chi connectivity index (χ4v) is 8.13. The van der Waals surface area contributed by atoms with Gasteiger partial charge in [-0.3, -0.25) is 14.4 Å². The molecule has 388 valence electrons. The number of ether oxygens (including phenoxy) is 3. The van der Waals surface area contributed by atoms with Gasteiger partial charge in [0.1, 0.15) is 13.2 Å². The highest BCUT2D eigenvalue weighted by Gasteiger charge is 2.19. The minimum absolute atomic E-state index is 0.0794. The van der Waals surface area contributed by atoms with Crippen molar-refractivity contribution in [3.05, 3.63) is 60.8 Å². The lowest BCUT2D eigenvalue weighted by molar-refractivity contribution is -0.167. The van der Waals surface area contributed by atoms with Crippen molar-refractivity contribution in [1.82, 2.24) is 0 Å². The smallest absolute Gasteiger partial charge is 0.306 e. The van der Waals surface area contributed by atoms with E-state index < -0.39 is 6.10 Å². The minimum atomic E-state index is -0.782. The SMILES string of the molecule is CCCCC/C=C\C/C=C\C/C=C\CCCCCCCCC(=O)OC[C@@H](COC(=O)CCCCCCCCCCCCCCC)OC(=O)CCCCCCCCC/C=C\C/C=C\CCCCC. The lowest BCUT2D eigenvalue weighted by atomic mass is 10.0. The van der Waals surface area contributed by atoms with Gasteiger partial charge in [0.2, 0.25) is 0 Å². The third kappa shape index (κ3) is 53.9. The largest absolute Gasteiger partial charge is 0.462 e. The number of hydrogen-bond donors (Lipinski definition) is 0. The molecule has 0 aromatic heterocycles. The van der Waals surface area contributed by atoms with E-state index in [1.54, 1.807) is 0 Å². The van der Waals surface area contributed by atoms with Gasteiger partial charge in [-0.25, -0.2) is 0 Å². The van der Waals surface area contributed by atoms with E-state index in [-0.39, 0.29) is 31.1 Å². The lowest BCUT2D eigenvalue weighted by Gasteiger charge is -2.18. The average Bonchev–Trinajstić information content (AvgIpc) is 3.33. The molecule has 0 aromatic rings. The Morgan fingerprint density at radius 2 is 0.537 bits per heavy atom. The molecule has 0 N–H and O–H groups in total. The van der Waals surface area contributed by atoms with Crippen LogP contribution in [0.15, 0.2) is 60.8 Å². The van der Waals surface area contributed by atoms with E-state index in [0.717, 1.165) is 89.9 Å². The first kappa shape index (κ1) is 64.1. The zero-order valence-corrected chi connectivity index (χ0v) is 44.4. The molecule has 0 radical (unpaired) electrons. The van der Waals surface area contributed by atoms with E-state index in [2.05, 4.69) is 81.5 Å². The summed E-state index contributed by atoms with van der Waals surface area (Å²) in [4.78, 5) is 38.1. The van der Waals surface area contributed by atoms with Crippen LogP contribution >= 0.6 is 0 Å². The predicted octanol–water partition coefficient (Wildman–Crippen LogP) is 19.2. The van der Waals surface area contributed by atoms with Crippen molar-refractivity contribution in [3.8, 4) is 0 Å². The fourth-order valence-electron chi connectivity index (χ4n) is 8.13. The molecular formula is C61H108O6. The molecule has 0 unspecified atom stereocenters. The second-order valence-corrected chi connectivity index (χ2v) is 19.2. The summed E-state index contributed by atoms with van der Waals surface area (Å²) in [6.45, 7) is 6.59. The van der Waals surface area contributed by atoms with E-state index in [0.29, 0.717) is 19.3 Å². The molecule has 0 aliphatic heterocycles. The number of carbonyl (C=O) groups is 3. The number of esters is 3. The Morgan fingerprint density at radius 1 is 0.299 bits per heavy atom. The van der Waals surface area contributed by atoms with Gasteiger partial charge in [-0.2, -0.15) is 0 Å². The van der Waals surface area contributed by atoms with Crippen LogP contribution in [0.4, 0.5) is 0 Å². The van der Waals surface area contributed by atoms with Gasteiger partial charge >= 0.3 is 17.9 Å². The second-order valence-electron chi connectivity index (χ2n) is 19.2. The molecule has 67 heavy (non-hydrogen) atoms. The van der Waals surface area contributed by atoms with Gasteiger partial charge in [0.05, 0.1) is 0 Å². The van der Waals surface area contributed by atoms with Crippen molar-refractivity contribution in [3.63, 3.8) is 0 Å². The van der Waals surface area contributed by atoms with Crippen LogP contribution in [0.2, 0.25) is 0 Å². The molecule has 0 amide bonds. The highest BCUT2D eigenvalue weighted by atomic mass is 16.6. The Balaban J connectivity index is 4.39. The molecule has 0 fully saturated rings. The van der Waals surface area contributed by atoms with Crippen molar-refractivity contribution in [2.75, 3.05) is 13.2 Å². The highest BCUT2D eigenvalue weighted by Crippen LogP contribution is 2.15. The van der Waals surface area contributed by atoms with Gasteiger partial charge in [0.15, 0.2) is 6.10 Å².